The lowest BCUT2D eigenvalue weighted by molar-refractivity contribution is -0.113. The first-order chi connectivity index (χ1) is 15.1. The standard InChI is InChI=1S/C20H15ClN6O3S/c21-13-6-8-16(9-7-13)27-20(24-25-26-27)31-12-18(28)22-14-3-1-4-15(11-14)23-19(29)17-5-2-10-30-17/h1-11H,12H2,(H,22,28)(H,23,29). The lowest BCUT2D eigenvalue weighted by Gasteiger charge is -2.08. The van der Waals surface area contributed by atoms with Gasteiger partial charge in [-0.05, 0) is 65.0 Å². The maximum absolute atomic E-state index is 12.4. The molecule has 2 aromatic carbocycles. The Morgan fingerprint density at radius 1 is 1.03 bits per heavy atom. The number of tetrazole rings is 1. The van der Waals surface area contributed by atoms with Crippen LogP contribution >= 0.6 is 23.4 Å². The predicted octanol–water partition coefficient (Wildman–Crippen LogP) is 3.89. The van der Waals surface area contributed by atoms with E-state index in [1.54, 1.807) is 60.7 Å². The minimum atomic E-state index is -0.377. The number of rotatable bonds is 7. The van der Waals surface area contributed by atoms with Gasteiger partial charge in [-0.15, -0.1) is 5.10 Å². The maximum atomic E-state index is 12.4. The van der Waals surface area contributed by atoms with Crippen LogP contribution in [-0.4, -0.2) is 37.8 Å². The third-order valence-corrected chi connectivity index (χ3v) is 5.16. The Hall–Kier alpha value is -3.63. The van der Waals surface area contributed by atoms with Gasteiger partial charge in [0, 0.05) is 16.4 Å². The molecule has 0 unspecified atom stereocenters. The van der Waals surface area contributed by atoms with Crippen molar-refractivity contribution in [3.8, 4) is 5.69 Å². The molecule has 0 aliphatic carbocycles. The van der Waals surface area contributed by atoms with Crippen LogP contribution in [0.5, 0.6) is 0 Å². The highest BCUT2D eigenvalue weighted by atomic mass is 35.5. The Bertz CT molecular complexity index is 1190. The fourth-order valence-corrected chi connectivity index (χ4v) is 3.43. The molecule has 0 fully saturated rings. The van der Waals surface area contributed by atoms with Crippen molar-refractivity contribution >= 4 is 46.6 Å². The number of thioether (sulfide) groups is 1. The Labute approximate surface area is 185 Å². The summed E-state index contributed by atoms with van der Waals surface area (Å²) in [5, 5.41) is 18.2. The molecule has 0 bridgehead atoms. The first-order valence-electron chi connectivity index (χ1n) is 9.00. The summed E-state index contributed by atoms with van der Waals surface area (Å²) < 4.78 is 6.59. The lowest BCUT2D eigenvalue weighted by Crippen LogP contribution is -2.15. The van der Waals surface area contributed by atoms with E-state index in [4.69, 9.17) is 16.0 Å². The number of hydrogen-bond acceptors (Lipinski definition) is 7. The van der Waals surface area contributed by atoms with Crippen LogP contribution in [0.15, 0.2) is 76.5 Å². The number of amides is 2. The van der Waals surface area contributed by atoms with Gasteiger partial charge in [0.2, 0.25) is 11.1 Å². The molecule has 2 aromatic heterocycles. The molecule has 0 aliphatic heterocycles. The summed E-state index contributed by atoms with van der Waals surface area (Å²) in [6.45, 7) is 0. The number of halogens is 1. The third-order valence-electron chi connectivity index (χ3n) is 3.99. The molecule has 2 heterocycles. The number of nitrogens with one attached hydrogen (secondary N) is 2. The highest BCUT2D eigenvalue weighted by molar-refractivity contribution is 7.99. The second kappa shape index (κ2) is 9.45. The van der Waals surface area contributed by atoms with E-state index in [2.05, 4.69) is 26.2 Å². The summed E-state index contributed by atoms with van der Waals surface area (Å²) in [6.07, 6.45) is 1.42. The van der Waals surface area contributed by atoms with Gasteiger partial charge in [0.25, 0.3) is 5.91 Å². The van der Waals surface area contributed by atoms with Crippen LogP contribution in [0.1, 0.15) is 10.6 Å². The topological polar surface area (TPSA) is 115 Å². The summed E-state index contributed by atoms with van der Waals surface area (Å²) in [5.74, 6) is -0.329. The number of benzene rings is 2. The fourth-order valence-electron chi connectivity index (χ4n) is 2.62. The SMILES string of the molecule is O=C(CSc1nnnn1-c1ccc(Cl)cc1)Nc1cccc(NC(=O)c2ccco2)c1. The Morgan fingerprint density at radius 2 is 1.81 bits per heavy atom. The van der Waals surface area contributed by atoms with Gasteiger partial charge in [0.1, 0.15) is 0 Å². The van der Waals surface area contributed by atoms with E-state index in [9.17, 15) is 9.59 Å². The highest BCUT2D eigenvalue weighted by Crippen LogP contribution is 2.21. The van der Waals surface area contributed by atoms with Crippen LogP contribution in [0.2, 0.25) is 5.02 Å². The van der Waals surface area contributed by atoms with E-state index in [1.165, 1.54) is 22.7 Å². The molecule has 0 radical (unpaired) electrons. The summed E-state index contributed by atoms with van der Waals surface area (Å²) in [5.41, 5.74) is 1.80. The quantitative estimate of drug-likeness (QED) is 0.407. The minimum Gasteiger partial charge on any atom is -0.459 e. The number of hydrogen-bond donors (Lipinski definition) is 2. The van der Waals surface area contributed by atoms with Crippen molar-refractivity contribution in [2.24, 2.45) is 0 Å². The predicted molar refractivity (Wildman–Crippen MR) is 117 cm³/mol. The van der Waals surface area contributed by atoms with Gasteiger partial charge in [-0.3, -0.25) is 9.59 Å². The molecule has 2 N–H and O–H groups in total. The first-order valence-corrected chi connectivity index (χ1v) is 10.4. The molecule has 0 atom stereocenters. The summed E-state index contributed by atoms with van der Waals surface area (Å²) in [7, 11) is 0. The number of carbonyl (C=O) groups excluding carboxylic acids is 2. The van der Waals surface area contributed by atoms with Crippen LogP contribution in [0, 0.1) is 0 Å². The van der Waals surface area contributed by atoms with Gasteiger partial charge >= 0.3 is 0 Å². The molecule has 0 saturated carbocycles. The van der Waals surface area contributed by atoms with E-state index in [-0.39, 0.29) is 23.3 Å². The molecule has 0 saturated heterocycles. The monoisotopic (exact) mass is 454 g/mol. The Morgan fingerprint density at radius 3 is 2.55 bits per heavy atom. The molecule has 4 rings (SSSR count). The molecule has 156 valence electrons. The van der Waals surface area contributed by atoms with Crippen molar-refractivity contribution in [2.45, 2.75) is 5.16 Å². The third kappa shape index (κ3) is 5.30. The van der Waals surface area contributed by atoms with Gasteiger partial charge in [-0.25, -0.2) is 0 Å². The van der Waals surface area contributed by atoms with E-state index < -0.39 is 0 Å². The van der Waals surface area contributed by atoms with E-state index in [1.807, 2.05) is 0 Å². The molecule has 9 nitrogen and oxygen atoms in total. The molecule has 2 amide bonds. The minimum absolute atomic E-state index is 0.0942. The molecular weight excluding hydrogens is 440 g/mol. The molecule has 11 heteroatoms. The first kappa shape index (κ1) is 20.6. The van der Waals surface area contributed by atoms with E-state index in [0.29, 0.717) is 21.6 Å². The summed E-state index contributed by atoms with van der Waals surface area (Å²) in [6, 6.07) is 17.0. The Balaban J connectivity index is 1.35. The largest absolute Gasteiger partial charge is 0.459 e. The number of nitrogens with zero attached hydrogens (tertiary/aromatic N) is 4. The number of furan rings is 1. The highest BCUT2D eigenvalue weighted by Gasteiger charge is 2.13. The van der Waals surface area contributed by atoms with Crippen molar-refractivity contribution in [3.63, 3.8) is 0 Å². The zero-order valence-corrected chi connectivity index (χ0v) is 17.4. The van der Waals surface area contributed by atoms with E-state index in [0.717, 1.165) is 5.69 Å². The smallest absolute Gasteiger partial charge is 0.291 e. The van der Waals surface area contributed by atoms with Gasteiger partial charge in [-0.1, -0.05) is 29.4 Å². The van der Waals surface area contributed by atoms with Crippen LogP contribution in [0.3, 0.4) is 0 Å². The van der Waals surface area contributed by atoms with Crippen LogP contribution in [0.4, 0.5) is 11.4 Å². The zero-order chi connectivity index (χ0) is 21.6. The molecular formula is C20H15ClN6O3S. The Kier molecular flexibility index (Phi) is 6.29. The van der Waals surface area contributed by atoms with Crippen molar-refractivity contribution in [2.75, 3.05) is 16.4 Å². The van der Waals surface area contributed by atoms with Gasteiger partial charge in [0.05, 0.1) is 17.7 Å². The van der Waals surface area contributed by atoms with Crippen LogP contribution in [0.25, 0.3) is 5.69 Å². The average molecular weight is 455 g/mol. The lowest BCUT2D eigenvalue weighted by atomic mass is 10.2. The maximum Gasteiger partial charge on any atom is 0.291 e. The van der Waals surface area contributed by atoms with Gasteiger partial charge in [-0.2, -0.15) is 4.68 Å². The van der Waals surface area contributed by atoms with Gasteiger partial charge in [0.15, 0.2) is 5.76 Å². The summed E-state index contributed by atoms with van der Waals surface area (Å²) >= 11 is 7.10. The summed E-state index contributed by atoms with van der Waals surface area (Å²) in [4.78, 5) is 24.5. The number of carbonyl (C=O) groups is 2. The van der Waals surface area contributed by atoms with Crippen molar-refractivity contribution in [3.05, 3.63) is 77.7 Å². The molecule has 31 heavy (non-hydrogen) atoms. The second-order valence-electron chi connectivity index (χ2n) is 6.20. The average Bonchev–Trinajstić information content (AvgIpc) is 3.45. The second-order valence-corrected chi connectivity index (χ2v) is 7.58. The van der Waals surface area contributed by atoms with Crippen molar-refractivity contribution in [1.82, 2.24) is 20.2 Å². The number of aromatic nitrogens is 4. The van der Waals surface area contributed by atoms with E-state index >= 15 is 0 Å². The fraction of sp³-hybridized carbons (Fsp3) is 0.0500. The molecule has 4 aromatic rings. The zero-order valence-electron chi connectivity index (χ0n) is 15.9. The van der Waals surface area contributed by atoms with Crippen molar-refractivity contribution < 1.29 is 14.0 Å². The van der Waals surface area contributed by atoms with Gasteiger partial charge < -0.3 is 15.1 Å². The molecule has 0 spiro atoms. The molecule has 0 aliphatic rings. The van der Waals surface area contributed by atoms with Crippen LogP contribution in [-0.2, 0) is 4.79 Å². The van der Waals surface area contributed by atoms with Crippen molar-refractivity contribution in [1.29, 1.82) is 0 Å². The van der Waals surface area contributed by atoms with Crippen LogP contribution < -0.4 is 10.6 Å². The normalized spacial score (nSPS) is 10.6. The number of anilines is 2.